The molecule has 0 bridgehead atoms. The molecule has 0 aliphatic carbocycles. The molecule has 0 aliphatic rings. The number of nitrogens with one attached hydrogen (secondary N) is 2. The van der Waals surface area contributed by atoms with Crippen LogP contribution in [0.4, 0.5) is 4.39 Å². The average molecular weight is 473 g/mol. The Morgan fingerprint density at radius 2 is 1.61 bits per heavy atom. The zero-order valence-electron chi connectivity index (χ0n) is 20.1. The van der Waals surface area contributed by atoms with Crippen molar-refractivity contribution in [2.24, 2.45) is 7.05 Å². The van der Waals surface area contributed by atoms with Crippen molar-refractivity contribution < 1.29 is 12.8 Å². The van der Waals surface area contributed by atoms with Crippen LogP contribution in [-0.2, 0) is 35.6 Å². The highest BCUT2D eigenvalue weighted by Crippen LogP contribution is 2.27. The lowest BCUT2D eigenvalue weighted by Crippen LogP contribution is -2.52. The standard InChI is InChI=1S/C25H33FN4O2S/c1-24(2,3)28-33(31,32)29-25(4,5)20-9-7-8-19(16-20)23-17-22(27-30(23)6)15-12-18-10-13-21(26)14-11-18/h7-11,13-14,16-17,28-29H,12,15H2,1-6H3. The van der Waals surface area contributed by atoms with Gasteiger partial charge in [-0.3, -0.25) is 4.68 Å². The SMILES string of the molecule is Cn1nc(CCc2ccc(F)cc2)cc1-c1cccc(C(C)(C)NS(=O)(=O)NC(C)(C)C)c1. The van der Waals surface area contributed by atoms with E-state index in [2.05, 4.69) is 14.5 Å². The molecule has 1 aromatic heterocycles. The fourth-order valence-corrected chi connectivity index (χ4v) is 5.38. The van der Waals surface area contributed by atoms with Crippen molar-refractivity contribution in [3.05, 3.63) is 77.2 Å². The van der Waals surface area contributed by atoms with Gasteiger partial charge in [-0.1, -0.05) is 30.3 Å². The number of benzene rings is 2. The van der Waals surface area contributed by atoms with E-state index in [0.717, 1.165) is 40.9 Å². The quantitative estimate of drug-likeness (QED) is 0.508. The van der Waals surface area contributed by atoms with Crippen molar-refractivity contribution in [1.29, 1.82) is 0 Å². The predicted molar refractivity (Wildman–Crippen MR) is 130 cm³/mol. The minimum Gasteiger partial charge on any atom is -0.268 e. The summed E-state index contributed by atoms with van der Waals surface area (Å²) < 4.78 is 45.5. The Balaban J connectivity index is 1.79. The Hall–Kier alpha value is -2.55. The Morgan fingerprint density at radius 3 is 2.24 bits per heavy atom. The molecule has 6 nitrogen and oxygen atoms in total. The molecule has 3 rings (SSSR count). The molecule has 0 atom stereocenters. The van der Waals surface area contributed by atoms with Gasteiger partial charge in [-0.25, -0.2) is 4.39 Å². The molecule has 0 aliphatic heterocycles. The number of rotatable bonds is 8. The molecule has 33 heavy (non-hydrogen) atoms. The van der Waals surface area contributed by atoms with Gasteiger partial charge in [-0.2, -0.15) is 23.0 Å². The van der Waals surface area contributed by atoms with Crippen molar-refractivity contribution in [2.45, 2.75) is 58.5 Å². The number of aryl methyl sites for hydroxylation is 3. The summed E-state index contributed by atoms with van der Waals surface area (Å²) in [7, 11) is -1.81. The minimum absolute atomic E-state index is 0.238. The molecule has 0 radical (unpaired) electrons. The summed E-state index contributed by atoms with van der Waals surface area (Å²) in [5.74, 6) is -0.238. The van der Waals surface area contributed by atoms with Gasteiger partial charge in [0.15, 0.2) is 0 Å². The van der Waals surface area contributed by atoms with Gasteiger partial charge in [-0.15, -0.1) is 0 Å². The van der Waals surface area contributed by atoms with Gasteiger partial charge in [0.2, 0.25) is 0 Å². The summed E-state index contributed by atoms with van der Waals surface area (Å²) in [4.78, 5) is 0. The smallest absolute Gasteiger partial charge is 0.268 e. The summed E-state index contributed by atoms with van der Waals surface area (Å²) in [6.45, 7) is 9.08. The molecule has 0 amide bonds. The predicted octanol–water partition coefficient (Wildman–Crippen LogP) is 4.47. The van der Waals surface area contributed by atoms with Gasteiger partial charge in [0, 0.05) is 18.2 Å². The molecular formula is C25H33FN4O2S. The van der Waals surface area contributed by atoms with E-state index in [1.54, 1.807) is 32.9 Å². The molecule has 2 N–H and O–H groups in total. The lowest BCUT2D eigenvalue weighted by Gasteiger charge is -2.29. The van der Waals surface area contributed by atoms with Gasteiger partial charge in [-0.05, 0) is 82.9 Å². The Kier molecular flexibility index (Phi) is 7.12. The van der Waals surface area contributed by atoms with E-state index in [1.807, 2.05) is 55.9 Å². The van der Waals surface area contributed by atoms with Gasteiger partial charge < -0.3 is 0 Å². The van der Waals surface area contributed by atoms with Crippen molar-refractivity contribution >= 4 is 10.2 Å². The first-order chi connectivity index (χ1) is 15.2. The first kappa shape index (κ1) is 25.1. The average Bonchev–Trinajstić information content (AvgIpc) is 3.05. The summed E-state index contributed by atoms with van der Waals surface area (Å²) in [5, 5.41) is 4.63. The molecule has 1 heterocycles. The topological polar surface area (TPSA) is 76.0 Å². The number of hydrogen-bond donors (Lipinski definition) is 2. The summed E-state index contributed by atoms with van der Waals surface area (Å²) >= 11 is 0. The van der Waals surface area contributed by atoms with E-state index in [4.69, 9.17) is 0 Å². The normalized spacial score (nSPS) is 12.8. The molecule has 0 unspecified atom stereocenters. The second-order valence-corrected chi connectivity index (χ2v) is 11.3. The maximum atomic E-state index is 13.1. The zero-order chi connectivity index (χ0) is 24.4. The summed E-state index contributed by atoms with van der Waals surface area (Å²) in [5.41, 5.74) is 3.33. The highest BCUT2D eigenvalue weighted by molar-refractivity contribution is 7.87. The van der Waals surface area contributed by atoms with E-state index in [1.165, 1.54) is 12.1 Å². The van der Waals surface area contributed by atoms with Crippen molar-refractivity contribution in [3.63, 3.8) is 0 Å². The first-order valence-electron chi connectivity index (χ1n) is 11.0. The molecule has 178 valence electrons. The van der Waals surface area contributed by atoms with Crippen LogP contribution in [0.2, 0.25) is 0 Å². The van der Waals surface area contributed by atoms with Gasteiger partial charge in [0.05, 0.1) is 16.9 Å². The second-order valence-electron chi connectivity index (χ2n) is 9.93. The second kappa shape index (κ2) is 9.37. The maximum Gasteiger partial charge on any atom is 0.278 e. The van der Waals surface area contributed by atoms with E-state index in [-0.39, 0.29) is 5.82 Å². The van der Waals surface area contributed by atoms with Crippen LogP contribution >= 0.6 is 0 Å². The molecule has 0 spiro atoms. The van der Waals surface area contributed by atoms with Crippen LogP contribution in [0.1, 0.15) is 51.4 Å². The first-order valence-corrected chi connectivity index (χ1v) is 12.4. The zero-order valence-corrected chi connectivity index (χ0v) is 20.9. The van der Waals surface area contributed by atoms with Crippen LogP contribution in [-0.4, -0.2) is 23.7 Å². The van der Waals surface area contributed by atoms with Crippen molar-refractivity contribution in [1.82, 2.24) is 19.2 Å². The minimum atomic E-state index is -3.70. The molecule has 0 fully saturated rings. The van der Waals surface area contributed by atoms with Gasteiger partial charge in [0.25, 0.3) is 10.2 Å². The molecule has 8 heteroatoms. The fraction of sp³-hybridized carbons (Fsp3) is 0.400. The van der Waals surface area contributed by atoms with Crippen LogP contribution in [0.3, 0.4) is 0 Å². The lowest BCUT2D eigenvalue weighted by atomic mass is 9.93. The van der Waals surface area contributed by atoms with Crippen LogP contribution < -0.4 is 9.44 Å². The molecule has 0 saturated carbocycles. The van der Waals surface area contributed by atoms with E-state index in [9.17, 15) is 12.8 Å². The number of aromatic nitrogens is 2. The number of hydrogen-bond acceptors (Lipinski definition) is 3. The largest absolute Gasteiger partial charge is 0.278 e. The monoisotopic (exact) mass is 472 g/mol. The van der Waals surface area contributed by atoms with Gasteiger partial charge in [0.1, 0.15) is 5.82 Å². The molecular weight excluding hydrogens is 439 g/mol. The third-order valence-electron chi connectivity index (χ3n) is 5.22. The number of halogens is 1. The third kappa shape index (κ3) is 6.96. The van der Waals surface area contributed by atoms with Crippen LogP contribution in [0.5, 0.6) is 0 Å². The molecule has 2 aromatic carbocycles. The van der Waals surface area contributed by atoms with E-state index < -0.39 is 21.3 Å². The molecule has 0 saturated heterocycles. The maximum absolute atomic E-state index is 13.1. The fourth-order valence-electron chi connectivity index (χ4n) is 3.73. The Morgan fingerprint density at radius 1 is 0.939 bits per heavy atom. The van der Waals surface area contributed by atoms with Gasteiger partial charge >= 0.3 is 0 Å². The van der Waals surface area contributed by atoms with E-state index in [0.29, 0.717) is 0 Å². The van der Waals surface area contributed by atoms with E-state index >= 15 is 0 Å². The summed E-state index contributed by atoms with van der Waals surface area (Å²) in [6, 6.07) is 16.4. The third-order valence-corrected chi connectivity index (χ3v) is 6.88. The van der Waals surface area contributed by atoms with Crippen molar-refractivity contribution in [2.75, 3.05) is 0 Å². The highest BCUT2D eigenvalue weighted by atomic mass is 32.2. The van der Waals surface area contributed by atoms with Crippen LogP contribution in [0.25, 0.3) is 11.3 Å². The van der Waals surface area contributed by atoms with Crippen LogP contribution in [0.15, 0.2) is 54.6 Å². The van der Waals surface area contributed by atoms with Crippen LogP contribution in [0, 0.1) is 5.82 Å². The van der Waals surface area contributed by atoms with Crippen molar-refractivity contribution in [3.8, 4) is 11.3 Å². The lowest BCUT2D eigenvalue weighted by molar-refractivity contribution is 0.439. The summed E-state index contributed by atoms with van der Waals surface area (Å²) in [6.07, 6.45) is 1.51. The number of nitrogens with zero attached hydrogens (tertiary/aromatic N) is 2. The highest BCUT2D eigenvalue weighted by Gasteiger charge is 2.29. The Bertz CT molecular complexity index is 1210. The Labute approximate surface area is 196 Å². The molecule has 3 aromatic rings.